The fourth-order valence-corrected chi connectivity index (χ4v) is 3.48. The lowest BCUT2D eigenvalue weighted by molar-refractivity contribution is 0.162. The van der Waals surface area contributed by atoms with Crippen molar-refractivity contribution >= 4 is 19.5 Å². The van der Waals surface area contributed by atoms with Gasteiger partial charge in [0, 0.05) is 4.90 Å². The second-order valence-electron chi connectivity index (χ2n) is 4.38. The number of hydrogen-bond acceptors (Lipinski definition) is 4. The van der Waals surface area contributed by atoms with E-state index in [2.05, 4.69) is 31.4 Å². The van der Waals surface area contributed by atoms with Gasteiger partial charge in [0.2, 0.25) is 0 Å². The van der Waals surface area contributed by atoms with Crippen LogP contribution in [-0.2, 0) is 20.0 Å². The summed E-state index contributed by atoms with van der Waals surface area (Å²) in [6, 6.07) is 6.27. The molecule has 4 nitrogen and oxygen atoms in total. The predicted octanol–water partition coefficient (Wildman–Crippen LogP) is 3.77. The van der Waals surface area contributed by atoms with Gasteiger partial charge in [-0.15, -0.1) is 11.8 Å². The summed E-state index contributed by atoms with van der Waals surface area (Å²) < 4.78 is 21.9. The molecular weight excluding hydrogens is 281 g/mol. The Morgan fingerprint density at radius 2 is 2.16 bits per heavy atom. The highest BCUT2D eigenvalue weighted by Crippen LogP contribution is 2.40. The largest absolute Gasteiger partial charge is 0.403 e. The van der Waals surface area contributed by atoms with Gasteiger partial charge in [-0.1, -0.05) is 12.1 Å². The quantitative estimate of drug-likeness (QED) is 0.613. The fourth-order valence-electron chi connectivity index (χ4n) is 1.90. The summed E-state index contributed by atoms with van der Waals surface area (Å²) in [5, 5.41) is 0. The first-order chi connectivity index (χ1) is 8.88. The minimum atomic E-state index is -3.42. The number of hydrogen-bond donors (Lipinski definition) is 1. The molecule has 0 heterocycles. The van der Waals surface area contributed by atoms with Crippen molar-refractivity contribution in [2.45, 2.75) is 38.2 Å². The van der Waals surface area contributed by atoms with E-state index < -0.39 is 7.75 Å². The summed E-state index contributed by atoms with van der Waals surface area (Å²) in [5.74, 6) is 0. The predicted molar refractivity (Wildman–Crippen MR) is 80.6 cm³/mol. The molecule has 0 aliphatic heterocycles. The molecule has 0 amide bonds. The van der Waals surface area contributed by atoms with E-state index in [1.165, 1.54) is 10.5 Å². The Labute approximate surface area is 119 Å². The van der Waals surface area contributed by atoms with E-state index >= 15 is 0 Å². The number of aryl methyl sites for hydroxylation is 1. The third kappa shape index (κ3) is 5.67. The molecule has 0 saturated heterocycles. The summed E-state index contributed by atoms with van der Waals surface area (Å²) in [7, 11) is -3.42. The van der Waals surface area contributed by atoms with Gasteiger partial charge in [-0.2, -0.15) is 0 Å². The van der Waals surface area contributed by atoms with Crippen LogP contribution in [0.15, 0.2) is 23.1 Å². The van der Waals surface area contributed by atoms with Gasteiger partial charge in [0.15, 0.2) is 0 Å². The lowest BCUT2D eigenvalue weighted by Gasteiger charge is -2.18. The molecule has 1 aromatic carbocycles. The van der Waals surface area contributed by atoms with Crippen LogP contribution in [0.4, 0.5) is 0 Å². The highest BCUT2D eigenvalue weighted by atomic mass is 32.2. The Kier molecular flexibility index (Phi) is 6.57. The van der Waals surface area contributed by atoms with Gasteiger partial charge in [0.1, 0.15) is 0 Å². The molecule has 0 aliphatic rings. The maximum Gasteiger partial charge on any atom is 0.403 e. The first kappa shape index (κ1) is 16.7. The van der Waals surface area contributed by atoms with Crippen molar-refractivity contribution in [1.82, 2.24) is 0 Å². The lowest BCUT2D eigenvalue weighted by atomic mass is 10.1. The molecule has 19 heavy (non-hydrogen) atoms. The standard InChI is InChI=1S/C13H22NO3PS/c1-5-16-18(14,15)17-11(3)9-12-6-7-13(19-4)10(2)8-12/h6-8,11H,5,9H2,1-4H3,(H2,14,15). The molecule has 6 heteroatoms. The molecule has 108 valence electrons. The van der Waals surface area contributed by atoms with Crippen LogP contribution in [0.25, 0.3) is 0 Å². The smallest absolute Gasteiger partial charge is 0.297 e. The van der Waals surface area contributed by atoms with Gasteiger partial charge in [0.05, 0.1) is 12.7 Å². The summed E-state index contributed by atoms with van der Waals surface area (Å²) in [5.41, 5.74) is 7.84. The highest BCUT2D eigenvalue weighted by Gasteiger charge is 2.21. The molecule has 0 spiro atoms. The van der Waals surface area contributed by atoms with Crippen LogP contribution in [0.5, 0.6) is 0 Å². The van der Waals surface area contributed by atoms with Crippen LogP contribution >= 0.6 is 19.5 Å². The summed E-state index contributed by atoms with van der Waals surface area (Å²) >= 11 is 1.72. The molecule has 1 aromatic rings. The van der Waals surface area contributed by atoms with E-state index in [0.29, 0.717) is 6.42 Å². The van der Waals surface area contributed by atoms with E-state index in [1.54, 1.807) is 18.7 Å². The summed E-state index contributed by atoms with van der Waals surface area (Å²) in [4.78, 5) is 1.26. The Balaban J connectivity index is 2.64. The van der Waals surface area contributed by atoms with E-state index in [9.17, 15) is 4.57 Å². The zero-order valence-corrected chi connectivity index (χ0v) is 13.6. The molecule has 2 atom stereocenters. The molecule has 1 rings (SSSR count). The van der Waals surface area contributed by atoms with Crippen molar-refractivity contribution in [3.8, 4) is 0 Å². The first-order valence-electron chi connectivity index (χ1n) is 6.23. The maximum absolute atomic E-state index is 11.7. The normalized spacial score (nSPS) is 16.1. The van der Waals surface area contributed by atoms with Gasteiger partial charge >= 0.3 is 7.75 Å². The average molecular weight is 303 g/mol. The topological polar surface area (TPSA) is 61.5 Å². The maximum atomic E-state index is 11.7. The summed E-state index contributed by atoms with van der Waals surface area (Å²) in [6.07, 6.45) is 2.46. The van der Waals surface area contributed by atoms with Gasteiger partial charge in [0.25, 0.3) is 0 Å². The van der Waals surface area contributed by atoms with Crippen molar-refractivity contribution in [2.75, 3.05) is 12.9 Å². The van der Waals surface area contributed by atoms with Crippen LogP contribution in [0, 0.1) is 6.92 Å². The van der Waals surface area contributed by atoms with E-state index in [0.717, 1.165) is 5.56 Å². The molecule has 0 aliphatic carbocycles. The monoisotopic (exact) mass is 303 g/mol. The Morgan fingerprint density at radius 3 is 2.68 bits per heavy atom. The number of benzene rings is 1. The van der Waals surface area contributed by atoms with Crippen molar-refractivity contribution in [1.29, 1.82) is 0 Å². The van der Waals surface area contributed by atoms with Gasteiger partial charge in [-0.05, 0) is 50.6 Å². The van der Waals surface area contributed by atoms with Crippen LogP contribution in [0.2, 0.25) is 0 Å². The van der Waals surface area contributed by atoms with Gasteiger partial charge in [-0.3, -0.25) is 9.05 Å². The lowest BCUT2D eigenvalue weighted by Crippen LogP contribution is -2.15. The number of thioether (sulfide) groups is 1. The SMILES string of the molecule is CCOP(N)(=O)OC(C)Cc1ccc(SC)c(C)c1. The van der Waals surface area contributed by atoms with Crippen LogP contribution in [-0.4, -0.2) is 19.0 Å². The number of rotatable bonds is 7. The minimum Gasteiger partial charge on any atom is -0.297 e. The fraction of sp³-hybridized carbons (Fsp3) is 0.538. The van der Waals surface area contributed by atoms with Crippen molar-refractivity contribution in [2.24, 2.45) is 5.50 Å². The molecule has 0 saturated carbocycles. The van der Waals surface area contributed by atoms with Crippen LogP contribution in [0.1, 0.15) is 25.0 Å². The first-order valence-corrected chi connectivity index (χ1v) is 9.06. The minimum absolute atomic E-state index is 0.248. The van der Waals surface area contributed by atoms with Gasteiger partial charge in [-0.25, -0.2) is 10.1 Å². The molecule has 0 fully saturated rings. The molecule has 0 aromatic heterocycles. The number of nitrogens with two attached hydrogens (primary N) is 1. The molecule has 2 unspecified atom stereocenters. The third-order valence-corrected chi connectivity index (χ3v) is 4.79. The van der Waals surface area contributed by atoms with Crippen LogP contribution in [0.3, 0.4) is 0 Å². The Hall–Kier alpha value is -0.320. The average Bonchev–Trinajstić information content (AvgIpc) is 2.27. The second-order valence-corrected chi connectivity index (χ2v) is 6.78. The van der Waals surface area contributed by atoms with Crippen molar-refractivity contribution < 1.29 is 13.6 Å². The Bertz CT molecular complexity index is 467. The second kappa shape index (κ2) is 7.46. The molecular formula is C13H22NO3PS. The molecule has 0 bridgehead atoms. The zero-order valence-electron chi connectivity index (χ0n) is 11.9. The van der Waals surface area contributed by atoms with E-state index in [4.69, 9.17) is 14.6 Å². The third-order valence-electron chi connectivity index (χ3n) is 2.62. The molecule has 0 radical (unpaired) electrons. The molecule has 2 N–H and O–H groups in total. The zero-order chi connectivity index (χ0) is 14.5. The highest BCUT2D eigenvalue weighted by molar-refractivity contribution is 7.98. The van der Waals surface area contributed by atoms with Crippen molar-refractivity contribution in [3.05, 3.63) is 29.3 Å². The van der Waals surface area contributed by atoms with Crippen LogP contribution < -0.4 is 5.50 Å². The van der Waals surface area contributed by atoms with Gasteiger partial charge < -0.3 is 0 Å². The van der Waals surface area contributed by atoms with E-state index in [1.807, 2.05) is 6.92 Å². The van der Waals surface area contributed by atoms with E-state index in [-0.39, 0.29) is 12.7 Å². The van der Waals surface area contributed by atoms with Crippen molar-refractivity contribution in [3.63, 3.8) is 0 Å². The Morgan fingerprint density at radius 1 is 1.47 bits per heavy atom. The summed E-state index contributed by atoms with van der Waals surface area (Å²) in [6.45, 7) is 5.94.